The molecule has 4 nitrogen and oxygen atoms in total. The van der Waals surface area contributed by atoms with Crippen LogP contribution in [0.3, 0.4) is 0 Å². The van der Waals surface area contributed by atoms with Gasteiger partial charge in [0.25, 0.3) is 0 Å². The Morgan fingerprint density at radius 3 is 2.86 bits per heavy atom. The third-order valence-electron chi connectivity index (χ3n) is 3.53. The lowest BCUT2D eigenvalue weighted by molar-refractivity contribution is 0.00352. The number of benzene rings is 1. The Balaban J connectivity index is 2.17. The van der Waals surface area contributed by atoms with Crippen LogP contribution in [0.5, 0.6) is 0 Å². The molecule has 1 aromatic carbocycles. The molecule has 2 rings (SSSR count). The third kappa shape index (κ3) is 4.85. The zero-order valence-corrected chi connectivity index (χ0v) is 13.8. The summed E-state index contributed by atoms with van der Waals surface area (Å²) in [5, 5.41) is 13.5. The third-order valence-corrected chi connectivity index (χ3v) is 3.77. The van der Waals surface area contributed by atoms with E-state index in [1.165, 1.54) is 5.56 Å². The maximum atomic E-state index is 9.29. The quantitative estimate of drug-likeness (QED) is 0.896. The molecule has 118 valence electrons. The molecule has 0 bridgehead atoms. The molecule has 1 saturated heterocycles. The lowest BCUT2D eigenvalue weighted by atomic mass is 10.1. The van der Waals surface area contributed by atoms with Crippen LogP contribution in [0.15, 0.2) is 18.2 Å². The van der Waals surface area contributed by atoms with Gasteiger partial charge in [-0.05, 0) is 44.5 Å². The molecular weight excluding hydrogens is 288 g/mol. The summed E-state index contributed by atoms with van der Waals surface area (Å²) in [6.45, 7) is 9.44. The Labute approximate surface area is 132 Å². The standard InChI is InChI=1S/C16H25ClN2O2/c1-16(2,3)18-9-12-8-13(17)4-5-15(12)19-6-7-21-14(10-19)11-20/h4-5,8,14,18,20H,6-7,9-11H2,1-3H3. The van der Waals surface area contributed by atoms with Gasteiger partial charge in [-0.1, -0.05) is 11.6 Å². The first-order chi connectivity index (χ1) is 9.89. The van der Waals surface area contributed by atoms with Crippen LogP contribution in [0.25, 0.3) is 0 Å². The molecule has 1 aliphatic rings. The smallest absolute Gasteiger partial charge is 0.0980 e. The van der Waals surface area contributed by atoms with Crippen molar-refractivity contribution in [2.24, 2.45) is 0 Å². The second-order valence-electron chi connectivity index (χ2n) is 6.50. The van der Waals surface area contributed by atoms with Crippen molar-refractivity contribution in [3.63, 3.8) is 0 Å². The fourth-order valence-electron chi connectivity index (χ4n) is 2.41. The van der Waals surface area contributed by atoms with Crippen LogP contribution >= 0.6 is 11.6 Å². The number of anilines is 1. The first kappa shape index (κ1) is 16.6. The molecule has 0 saturated carbocycles. The Kier molecular flexibility index (Phi) is 5.49. The zero-order chi connectivity index (χ0) is 15.5. The topological polar surface area (TPSA) is 44.7 Å². The molecule has 0 aliphatic carbocycles. The van der Waals surface area contributed by atoms with Gasteiger partial charge in [0.05, 0.1) is 19.3 Å². The average molecular weight is 313 g/mol. The Morgan fingerprint density at radius 1 is 1.43 bits per heavy atom. The fraction of sp³-hybridized carbons (Fsp3) is 0.625. The van der Waals surface area contributed by atoms with Crippen LogP contribution in [0.4, 0.5) is 5.69 Å². The van der Waals surface area contributed by atoms with Crippen molar-refractivity contribution in [2.75, 3.05) is 31.2 Å². The van der Waals surface area contributed by atoms with E-state index < -0.39 is 0 Å². The number of halogens is 1. The molecular formula is C16H25ClN2O2. The van der Waals surface area contributed by atoms with E-state index in [0.717, 1.165) is 23.8 Å². The maximum absolute atomic E-state index is 9.29. The van der Waals surface area contributed by atoms with Crippen molar-refractivity contribution in [1.29, 1.82) is 0 Å². The minimum absolute atomic E-state index is 0.0538. The fourth-order valence-corrected chi connectivity index (χ4v) is 2.61. The number of rotatable bonds is 4. The van der Waals surface area contributed by atoms with Crippen molar-refractivity contribution in [2.45, 2.75) is 39.0 Å². The van der Waals surface area contributed by atoms with E-state index in [9.17, 15) is 5.11 Å². The van der Waals surface area contributed by atoms with Gasteiger partial charge in [-0.25, -0.2) is 0 Å². The number of nitrogens with one attached hydrogen (secondary N) is 1. The SMILES string of the molecule is CC(C)(C)NCc1cc(Cl)ccc1N1CCOC(CO)C1. The molecule has 5 heteroatoms. The van der Waals surface area contributed by atoms with Crippen molar-refractivity contribution in [1.82, 2.24) is 5.32 Å². The Bertz CT molecular complexity index is 474. The maximum Gasteiger partial charge on any atom is 0.0980 e. The Morgan fingerprint density at radius 2 is 2.19 bits per heavy atom. The first-order valence-electron chi connectivity index (χ1n) is 7.40. The zero-order valence-electron chi connectivity index (χ0n) is 13.0. The van der Waals surface area contributed by atoms with E-state index in [2.05, 4.69) is 37.1 Å². The normalized spacial score (nSPS) is 19.9. The summed E-state index contributed by atoms with van der Waals surface area (Å²) in [5.41, 5.74) is 2.40. The summed E-state index contributed by atoms with van der Waals surface area (Å²) in [7, 11) is 0. The van der Waals surface area contributed by atoms with E-state index >= 15 is 0 Å². The van der Waals surface area contributed by atoms with Crippen LogP contribution in [-0.2, 0) is 11.3 Å². The van der Waals surface area contributed by atoms with E-state index in [1.807, 2.05) is 12.1 Å². The van der Waals surface area contributed by atoms with Gasteiger partial charge in [0.15, 0.2) is 0 Å². The van der Waals surface area contributed by atoms with E-state index in [4.69, 9.17) is 16.3 Å². The lowest BCUT2D eigenvalue weighted by Crippen LogP contribution is -2.44. The largest absolute Gasteiger partial charge is 0.394 e. The number of morpholine rings is 1. The predicted octanol–water partition coefficient (Wildman–Crippen LogP) is 2.43. The second-order valence-corrected chi connectivity index (χ2v) is 6.93. The van der Waals surface area contributed by atoms with Gasteiger partial charge >= 0.3 is 0 Å². The van der Waals surface area contributed by atoms with Crippen LogP contribution in [0, 0.1) is 0 Å². The molecule has 1 aliphatic heterocycles. The van der Waals surface area contributed by atoms with Crippen LogP contribution in [0.1, 0.15) is 26.3 Å². The molecule has 1 aromatic rings. The highest BCUT2D eigenvalue weighted by atomic mass is 35.5. The van der Waals surface area contributed by atoms with Gasteiger partial charge in [-0.2, -0.15) is 0 Å². The van der Waals surface area contributed by atoms with Gasteiger partial charge in [0.1, 0.15) is 0 Å². The molecule has 1 unspecified atom stereocenters. The molecule has 0 spiro atoms. The van der Waals surface area contributed by atoms with Gasteiger partial charge in [0.2, 0.25) is 0 Å². The van der Waals surface area contributed by atoms with Crippen molar-refractivity contribution in [3.05, 3.63) is 28.8 Å². The minimum Gasteiger partial charge on any atom is -0.394 e. The number of nitrogens with zero attached hydrogens (tertiary/aromatic N) is 1. The molecule has 0 radical (unpaired) electrons. The van der Waals surface area contributed by atoms with E-state index in [-0.39, 0.29) is 18.2 Å². The monoisotopic (exact) mass is 312 g/mol. The van der Waals surface area contributed by atoms with Crippen LogP contribution < -0.4 is 10.2 Å². The molecule has 1 atom stereocenters. The van der Waals surface area contributed by atoms with Crippen LogP contribution in [0.2, 0.25) is 5.02 Å². The Hall–Kier alpha value is -0.810. The summed E-state index contributed by atoms with van der Waals surface area (Å²) in [6.07, 6.45) is -0.113. The molecule has 1 fully saturated rings. The van der Waals surface area contributed by atoms with Crippen LogP contribution in [-0.4, -0.2) is 43.1 Å². The van der Waals surface area contributed by atoms with Gasteiger partial charge in [-0.3, -0.25) is 0 Å². The highest BCUT2D eigenvalue weighted by Gasteiger charge is 2.22. The van der Waals surface area contributed by atoms with Crippen molar-refractivity contribution in [3.8, 4) is 0 Å². The molecule has 1 heterocycles. The molecule has 2 N–H and O–H groups in total. The molecule has 21 heavy (non-hydrogen) atoms. The van der Waals surface area contributed by atoms with Crippen molar-refractivity contribution >= 4 is 17.3 Å². The summed E-state index contributed by atoms with van der Waals surface area (Å²) in [5.74, 6) is 0. The van der Waals surface area contributed by atoms with E-state index in [0.29, 0.717) is 13.2 Å². The summed E-state index contributed by atoms with van der Waals surface area (Å²) >= 11 is 6.15. The average Bonchev–Trinajstić information content (AvgIpc) is 2.44. The van der Waals surface area contributed by atoms with Gasteiger partial charge in [0, 0.05) is 35.9 Å². The second kappa shape index (κ2) is 6.97. The molecule has 0 amide bonds. The van der Waals surface area contributed by atoms with Gasteiger partial charge in [-0.15, -0.1) is 0 Å². The summed E-state index contributed by atoms with van der Waals surface area (Å²) in [6, 6.07) is 5.99. The lowest BCUT2D eigenvalue weighted by Gasteiger charge is -2.35. The summed E-state index contributed by atoms with van der Waals surface area (Å²) < 4.78 is 5.52. The van der Waals surface area contributed by atoms with Crippen molar-refractivity contribution < 1.29 is 9.84 Å². The predicted molar refractivity (Wildman–Crippen MR) is 87.1 cm³/mol. The van der Waals surface area contributed by atoms with E-state index in [1.54, 1.807) is 0 Å². The highest BCUT2D eigenvalue weighted by Crippen LogP contribution is 2.26. The number of hydrogen-bond acceptors (Lipinski definition) is 4. The first-order valence-corrected chi connectivity index (χ1v) is 7.78. The summed E-state index contributed by atoms with van der Waals surface area (Å²) in [4.78, 5) is 2.26. The highest BCUT2D eigenvalue weighted by molar-refractivity contribution is 6.30. The number of hydrogen-bond donors (Lipinski definition) is 2. The number of aliphatic hydroxyl groups is 1. The minimum atomic E-state index is -0.113. The number of ether oxygens (including phenoxy) is 1. The molecule has 0 aromatic heterocycles. The number of aliphatic hydroxyl groups excluding tert-OH is 1. The van der Waals surface area contributed by atoms with Gasteiger partial charge < -0.3 is 20.1 Å².